The molecular weight excluding hydrogens is 369 g/mol. The summed E-state index contributed by atoms with van der Waals surface area (Å²) in [7, 11) is 0. The van der Waals surface area contributed by atoms with E-state index in [4.69, 9.17) is 0 Å². The highest BCUT2D eigenvalue weighted by Gasteiger charge is 2.08. The molecule has 1 aromatic heterocycles. The second-order valence-electron chi connectivity index (χ2n) is 4.51. The van der Waals surface area contributed by atoms with E-state index in [9.17, 15) is 4.79 Å². The molecule has 1 heterocycles. The van der Waals surface area contributed by atoms with Gasteiger partial charge in [0.15, 0.2) is 0 Å². The maximum Gasteiger partial charge on any atom is 0.261 e. The maximum atomic E-state index is 12.0. The first kappa shape index (κ1) is 14.8. The number of hydrogen-bond donors (Lipinski definition) is 1. The minimum absolute atomic E-state index is 0.0649. The van der Waals surface area contributed by atoms with Crippen LogP contribution in [0, 0.1) is 0 Å². The van der Waals surface area contributed by atoms with Gasteiger partial charge in [0.05, 0.1) is 4.88 Å². The molecule has 0 bridgehead atoms. The topological polar surface area (TPSA) is 29.1 Å². The third kappa shape index (κ3) is 4.45. The molecule has 1 N–H and O–H groups in total. The van der Waals surface area contributed by atoms with Crippen molar-refractivity contribution in [3.63, 3.8) is 0 Å². The van der Waals surface area contributed by atoms with Crippen LogP contribution in [0.1, 0.15) is 35.4 Å². The molecule has 0 saturated carbocycles. The number of nitrogens with one attached hydrogen (secondary N) is 1. The number of rotatable bonds is 7. The Hall–Kier alpha value is -0.620. The summed E-state index contributed by atoms with van der Waals surface area (Å²) in [6, 6.07) is 10.1. The summed E-state index contributed by atoms with van der Waals surface area (Å²) >= 11 is 3.97. The Labute approximate surface area is 131 Å². The van der Waals surface area contributed by atoms with Gasteiger partial charge in [-0.05, 0) is 34.8 Å². The summed E-state index contributed by atoms with van der Waals surface area (Å²) in [5.41, 5.74) is 0. The average Bonchev–Trinajstić information content (AvgIpc) is 2.86. The Morgan fingerprint density at radius 3 is 2.74 bits per heavy atom. The zero-order valence-corrected chi connectivity index (χ0v) is 13.8. The normalized spacial score (nSPS) is 10.8. The van der Waals surface area contributed by atoms with Crippen molar-refractivity contribution < 1.29 is 4.79 Å². The zero-order chi connectivity index (χ0) is 13.5. The number of amides is 1. The van der Waals surface area contributed by atoms with Gasteiger partial charge in [0.2, 0.25) is 0 Å². The summed E-state index contributed by atoms with van der Waals surface area (Å²) in [5, 5.41) is 4.16. The molecule has 2 nitrogen and oxygen atoms in total. The van der Waals surface area contributed by atoms with E-state index in [0.29, 0.717) is 0 Å². The van der Waals surface area contributed by atoms with Crippen LogP contribution in [0.25, 0.3) is 10.1 Å². The van der Waals surface area contributed by atoms with Gasteiger partial charge in [-0.1, -0.05) is 53.6 Å². The molecule has 0 fully saturated rings. The van der Waals surface area contributed by atoms with Gasteiger partial charge in [-0.2, -0.15) is 0 Å². The molecule has 0 aliphatic rings. The van der Waals surface area contributed by atoms with Crippen molar-refractivity contribution in [3.8, 4) is 0 Å². The molecule has 2 aromatic rings. The van der Waals surface area contributed by atoms with Gasteiger partial charge in [0, 0.05) is 11.2 Å². The molecular formula is C15H18INOS. The second kappa shape index (κ2) is 7.85. The molecule has 19 heavy (non-hydrogen) atoms. The van der Waals surface area contributed by atoms with E-state index in [2.05, 4.69) is 34.0 Å². The van der Waals surface area contributed by atoms with E-state index in [1.54, 1.807) is 11.3 Å². The highest BCUT2D eigenvalue weighted by molar-refractivity contribution is 14.1. The van der Waals surface area contributed by atoms with Gasteiger partial charge in [-0.3, -0.25) is 4.79 Å². The number of fused-ring (bicyclic) bond motifs is 1. The summed E-state index contributed by atoms with van der Waals surface area (Å²) in [5.74, 6) is 0.0649. The van der Waals surface area contributed by atoms with E-state index in [1.165, 1.54) is 28.4 Å². The predicted octanol–water partition coefficient (Wildman–Crippen LogP) is 4.63. The third-order valence-corrected chi connectivity index (χ3v) is 4.87. The monoisotopic (exact) mass is 387 g/mol. The fraction of sp³-hybridized carbons (Fsp3) is 0.400. The van der Waals surface area contributed by atoms with Gasteiger partial charge in [0.1, 0.15) is 0 Å². The largest absolute Gasteiger partial charge is 0.351 e. The minimum Gasteiger partial charge on any atom is -0.351 e. The highest BCUT2D eigenvalue weighted by atomic mass is 127. The van der Waals surface area contributed by atoms with Crippen molar-refractivity contribution in [1.82, 2.24) is 5.32 Å². The van der Waals surface area contributed by atoms with E-state index in [1.807, 2.05) is 24.3 Å². The smallest absolute Gasteiger partial charge is 0.261 e. The summed E-state index contributed by atoms with van der Waals surface area (Å²) in [4.78, 5) is 12.8. The number of alkyl halides is 1. The Balaban J connectivity index is 1.79. The SMILES string of the molecule is O=C(NCCCCCCI)c1cc2ccccc2s1. The van der Waals surface area contributed by atoms with Crippen LogP contribution in [-0.4, -0.2) is 16.9 Å². The van der Waals surface area contributed by atoms with Crippen molar-refractivity contribution in [1.29, 1.82) is 0 Å². The van der Waals surface area contributed by atoms with E-state index < -0.39 is 0 Å². The molecule has 4 heteroatoms. The lowest BCUT2D eigenvalue weighted by molar-refractivity contribution is 0.0957. The predicted molar refractivity (Wildman–Crippen MR) is 91.5 cm³/mol. The first-order valence-corrected chi connectivity index (χ1v) is 8.98. The quantitative estimate of drug-likeness (QED) is 0.419. The lowest BCUT2D eigenvalue weighted by Gasteiger charge is -2.02. The fourth-order valence-electron chi connectivity index (χ4n) is 1.96. The molecule has 0 saturated heterocycles. The molecule has 0 radical (unpaired) electrons. The number of benzene rings is 1. The van der Waals surface area contributed by atoms with Gasteiger partial charge in [0.25, 0.3) is 5.91 Å². The van der Waals surface area contributed by atoms with Crippen LogP contribution in [0.2, 0.25) is 0 Å². The van der Waals surface area contributed by atoms with Crippen LogP contribution in [0.15, 0.2) is 30.3 Å². The highest BCUT2D eigenvalue weighted by Crippen LogP contribution is 2.24. The number of halogens is 1. The number of thiophene rings is 1. The first-order valence-electron chi connectivity index (χ1n) is 6.64. The lowest BCUT2D eigenvalue weighted by atomic mass is 10.2. The molecule has 1 aromatic carbocycles. The van der Waals surface area contributed by atoms with Crippen molar-refractivity contribution in [2.24, 2.45) is 0 Å². The second-order valence-corrected chi connectivity index (χ2v) is 6.67. The standard InChI is InChI=1S/C15H18INOS/c16-9-5-1-2-6-10-17-15(18)14-11-12-7-3-4-8-13(12)19-14/h3-4,7-8,11H,1-2,5-6,9-10H2,(H,17,18). The molecule has 0 atom stereocenters. The van der Waals surface area contributed by atoms with Crippen molar-refractivity contribution in [2.45, 2.75) is 25.7 Å². The van der Waals surface area contributed by atoms with E-state index >= 15 is 0 Å². The van der Waals surface area contributed by atoms with Gasteiger partial charge >= 0.3 is 0 Å². The number of carbonyl (C=O) groups excluding carboxylic acids is 1. The van der Waals surface area contributed by atoms with E-state index in [0.717, 1.165) is 23.2 Å². The van der Waals surface area contributed by atoms with Crippen LogP contribution in [0.3, 0.4) is 0 Å². The summed E-state index contributed by atoms with van der Waals surface area (Å²) in [6.45, 7) is 0.786. The Bertz CT molecular complexity index is 505. The van der Waals surface area contributed by atoms with Crippen molar-refractivity contribution >= 4 is 49.9 Å². The van der Waals surface area contributed by atoms with E-state index in [-0.39, 0.29) is 5.91 Å². The first-order chi connectivity index (χ1) is 9.31. The Morgan fingerprint density at radius 1 is 1.16 bits per heavy atom. The summed E-state index contributed by atoms with van der Waals surface area (Å²) < 4.78 is 2.40. The van der Waals surface area contributed by atoms with Crippen molar-refractivity contribution in [2.75, 3.05) is 11.0 Å². The zero-order valence-electron chi connectivity index (χ0n) is 10.8. The van der Waals surface area contributed by atoms with Gasteiger partial charge in [-0.25, -0.2) is 0 Å². The van der Waals surface area contributed by atoms with Crippen molar-refractivity contribution in [3.05, 3.63) is 35.2 Å². The van der Waals surface area contributed by atoms with Crippen LogP contribution in [-0.2, 0) is 0 Å². The average molecular weight is 387 g/mol. The Kier molecular flexibility index (Phi) is 6.10. The van der Waals surface area contributed by atoms with Gasteiger partial charge in [-0.15, -0.1) is 11.3 Å². The fourth-order valence-corrected chi connectivity index (χ4v) is 3.47. The molecule has 0 unspecified atom stereocenters. The molecule has 0 spiro atoms. The van der Waals surface area contributed by atoms with Gasteiger partial charge < -0.3 is 5.32 Å². The summed E-state index contributed by atoms with van der Waals surface area (Å²) in [6.07, 6.45) is 4.83. The third-order valence-electron chi connectivity index (χ3n) is 3.00. The minimum atomic E-state index is 0.0649. The molecule has 0 aliphatic heterocycles. The molecule has 1 amide bonds. The van der Waals surface area contributed by atoms with Crippen LogP contribution >= 0.6 is 33.9 Å². The molecule has 102 valence electrons. The van der Waals surface area contributed by atoms with Crippen LogP contribution < -0.4 is 5.32 Å². The molecule has 0 aliphatic carbocycles. The van der Waals surface area contributed by atoms with Crippen LogP contribution in [0.5, 0.6) is 0 Å². The molecule has 2 rings (SSSR count). The Morgan fingerprint density at radius 2 is 1.95 bits per heavy atom. The number of carbonyl (C=O) groups is 1. The van der Waals surface area contributed by atoms with Crippen LogP contribution in [0.4, 0.5) is 0 Å². The number of unbranched alkanes of at least 4 members (excludes halogenated alkanes) is 3. The maximum absolute atomic E-state index is 12.0. The number of hydrogen-bond acceptors (Lipinski definition) is 2. The lowest BCUT2D eigenvalue weighted by Crippen LogP contribution is -2.23.